The topological polar surface area (TPSA) is 66.9 Å². The van der Waals surface area contributed by atoms with E-state index < -0.39 is 11.7 Å². The summed E-state index contributed by atoms with van der Waals surface area (Å²) in [7, 11) is 0. The first-order chi connectivity index (χ1) is 9.56. The maximum Gasteiger partial charge on any atom is 0.276 e. The van der Waals surface area contributed by atoms with Crippen molar-refractivity contribution in [2.24, 2.45) is 0 Å². The lowest BCUT2D eigenvalue weighted by atomic mass is 10.3. The number of hydrogen-bond acceptors (Lipinski definition) is 4. The maximum absolute atomic E-state index is 13.4. The molecule has 2 N–H and O–H groups in total. The predicted octanol–water partition coefficient (Wildman–Crippen LogP) is 2.69. The van der Waals surface area contributed by atoms with E-state index in [1.807, 2.05) is 13.8 Å². The van der Waals surface area contributed by atoms with Crippen LogP contribution in [0.4, 0.5) is 15.9 Å². The standard InChI is InChI=1S/C14H15FN4O/c1-9(2)16-13-8-7-12(18-19-13)14(20)17-11-6-4-3-5-10(11)15/h3-9H,1-2H3,(H,16,19)(H,17,20). The molecule has 1 amide bonds. The molecule has 1 aromatic heterocycles. The van der Waals surface area contributed by atoms with Gasteiger partial charge in [0.1, 0.15) is 11.6 Å². The molecule has 6 heteroatoms. The maximum atomic E-state index is 13.4. The Morgan fingerprint density at radius 3 is 2.50 bits per heavy atom. The molecule has 0 saturated heterocycles. The molecule has 0 bridgehead atoms. The number of para-hydroxylation sites is 1. The highest BCUT2D eigenvalue weighted by atomic mass is 19.1. The van der Waals surface area contributed by atoms with Crippen LogP contribution in [0.2, 0.25) is 0 Å². The van der Waals surface area contributed by atoms with Crippen LogP contribution in [0.1, 0.15) is 24.3 Å². The first-order valence-electron chi connectivity index (χ1n) is 6.22. The fourth-order valence-electron chi connectivity index (χ4n) is 1.58. The van der Waals surface area contributed by atoms with Gasteiger partial charge in [-0.25, -0.2) is 4.39 Å². The van der Waals surface area contributed by atoms with Gasteiger partial charge in [0.2, 0.25) is 0 Å². The van der Waals surface area contributed by atoms with Crippen molar-refractivity contribution >= 4 is 17.4 Å². The largest absolute Gasteiger partial charge is 0.366 e. The van der Waals surface area contributed by atoms with Gasteiger partial charge in [0, 0.05) is 6.04 Å². The minimum atomic E-state index is -0.501. The van der Waals surface area contributed by atoms with Crippen LogP contribution in [0, 0.1) is 5.82 Å². The van der Waals surface area contributed by atoms with Crippen molar-refractivity contribution in [1.29, 1.82) is 0 Å². The number of carbonyl (C=O) groups is 1. The van der Waals surface area contributed by atoms with Crippen molar-refractivity contribution in [2.75, 3.05) is 10.6 Å². The molecule has 2 aromatic rings. The minimum absolute atomic E-state index is 0.115. The number of nitrogens with zero attached hydrogens (tertiary/aromatic N) is 2. The number of aromatic nitrogens is 2. The molecule has 0 spiro atoms. The van der Waals surface area contributed by atoms with Gasteiger partial charge >= 0.3 is 0 Å². The van der Waals surface area contributed by atoms with E-state index in [0.29, 0.717) is 5.82 Å². The second-order valence-electron chi connectivity index (χ2n) is 4.54. The Morgan fingerprint density at radius 1 is 1.15 bits per heavy atom. The first-order valence-corrected chi connectivity index (χ1v) is 6.22. The number of hydrogen-bond donors (Lipinski definition) is 2. The zero-order valence-corrected chi connectivity index (χ0v) is 11.2. The molecular formula is C14H15FN4O. The summed E-state index contributed by atoms with van der Waals surface area (Å²) in [6.07, 6.45) is 0. The minimum Gasteiger partial charge on any atom is -0.366 e. The molecule has 5 nitrogen and oxygen atoms in total. The van der Waals surface area contributed by atoms with Crippen LogP contribution in [0.3, 0.4) is 0 Å². The van der Waals surface area contributed by atoms with Crippen LogP contribution in [0.15, 0.2) is 36.4 Å². The van der Waals surface area contributed by atoms with Gasteiger partial charge in [-0.2, -0.15) is 0 Å². The monoisotopic (exact) mass is 274 g/mol. The van der Waals surface area contributed by atoms with E-state index in [0.717, 1.165) is 0 Å². The number of nitrogens with one attached hydrogen (secondary N) is 2. The molecule has 0 fully saturated rings. The van der Waals surface area contributed by atoms with Crippen LogP contribution >= 0.6 is 0 Å². The lowest BCUT2D eigenvalue weighted by Gasteiger charge is -2.08. The Balaban J connectivity index is 2.08. The summed E-state index contributed by atoms with van der Waals surface area (Å²) in [5.41, 5.74) is 0.242. The van der Waals surface area contributed by atoms with Crippen molar-refractivity contribution in [2.45, 2.75) is 19.9 Å². The average molecular weight is 274 g/mol. The van der Waals surface area contributed by atoms with Crippen molar-refractivity contribution in [3.63, 3.8) is 0 Å². The molecule has 0 unspecified atom stereocenters. The molecule has 0 radical (unpaired) electrons. The summed E-state index contributed by atoms with van der Waals surface area (Å²) in [5.74, 6) is -0.409. The highest BCUT2D eigenvalue weighted by molar-refractivity contribution is 6.02. The molecule has 20 heavy (non-hydrogen) atoms. The first kappa shape index (κ1) is 13.9. The number of rotatable bonds is 4. The highest BCUT2D eigenvalue weighted by Crippen LogP contribution is 2.13. The predicted molar refractivity (Wildman–Crippen MR) is 75.1 cm³/mol. The number of benzene rings is 1. The van der Waals surface area contributed by atoms with Crippen LogP contribution in [0.5, 0.6) is 0 Å². The van der Waals surface area contributed by atoms with Gasteiger partial charge in [-0.3, -0.25) is 4.79 Å². The van der Waals surface area contributed by atoms with Crippen molar-refractivity contribution in [3.05, 3.63) is 47.9 Å². The summed E-state index contributed by atoms with van der Waals surface area (Å²) in [6, 6.07) is 9.36. The zero-order valence-electron chi connectivity index (χ0n) is 11.2. The molecule has 0 saturated carbocycles. The summed E-state index contributed by atoms with van der Waals surface area (Å²) in [4.78, 5) is 11.9. The van der Waals surface area contributed by atoms with Crippen molar-refractivity contribution in [1.82, 2.24) is 10.2 Å². The molecule has 104 valence electrons. The SMILES string of the molecule is CC(C)Nc1ccc(C(=O)Nc2ccccc2F)nn1. The van der Waals surface area contributed by atoms with Crippen LogP contribution in [-0.2, 0) is 0 Å². The highest BCUT2D eigenvalue weighted by Gasteiger charge is 2.11. The van der Waals surface area contributed by atoms with Crippen LogP contribution in [-0.4, -0.2) is 22.1 Å². The fraction of sp³-hybridized carbons (Fsp3) is 0.214. The number of halogens is 1. The number of anilines is 2. The zero-order chi connectivity index (χ0) is 14.5. The summed E-state index contributed by atoms with van der Waals surface area (Å²) in [5, 5.41) is 13.2. The van der Waals surface area contributed by atoms with Gasteiger partial charge in [0.15, 0.2) is 5.69 Å². The summed E-state index contributed by atoms with van der Waals surface area (Å²) >= 11 is 0. The van der Waals surface area contributed by atoms with E-state index in [4.69, 9.17) is 0 Å². The normalized spacial score (nSPS) is 10.4. The van der Waals surface area contributed by atoms with E-state index in [1.54, 1.807) is 18.2 Å². The molecule has 1 heterocycles. The Hall–Kier alpha value is -2.50. The Labute approximate surface area is 116 Å². The van der Waals surface area contributed by atoms with Gasteiger partial charge in [-0.05, 0) is 38.1 Å². The molecule has 0 aliphatic carbocycles. The average Bonchev–Trinajstić information content (AvgIpc) is 2.41. The Kier molecular flexibility index (Phi) is 4.24. The van der Waals surface area contributed by atoms with E-state index in [2.05, 4.69) is 20.8 Å². The van der Waals surface area contributed by atoms with Crippen molar-refractivity contribution < 1.29 is 9.18 Å². The second kappa shape index (κ2) is 6.10. The number of carbonyl (C=O) groups excluding carboxylic acids is 1. The lowest BCUT2D eigenvalue weighted by Crippen LogP contribution is -2.17. The van der Waals surface area contributed by atoms with Gasteiger partial charge in [-0.1, -0.05) is 12.1 Å². The van der Waals surface area contributed by atoms with E-state index in [9.17, 15) is 9.18 Å². The summed E-state index contributed by atoms with van der Waals surface area (Å²) < 4.78 is 13.4. The van der Waals surface area contributed by atoms with E-state index in [1.165, 1.54) is 18.2 Å². The van der Waals surface area contributed by atoms with E-state index in [-0.39, 0.29) is 17.4 Å². The smallest absolute Gasteiger partial charge is 0.276 e. The van der Waals surface area contributed by atoms with Gasteiger partial charge in [0.05, 0.1) is 5.69 Å². The third kappa shape index (κ3) is 3.50. The summed E-state index contributed by atoms with van der Waals surface area (Å²) in [6.45, 7) is 3.95. The van der Waals surface area contributed by atoms with Gasteiger partial charge in [-0.15, -0.1) is 10.2 Å². The van der Waals surface area contributed by atoms with Crippen LogP contribution < -0.4 is 10.6 Å². The molecule has 0 aliphatic heterocycles. The third-order valence-corrected chi connectivity index (χ3v) is 2.46. The van der Waals surface area contributed by atoms with Crippen LogP contribution in [0.25, 0.3) is 0 Å². The molecular weight excluding hydrogens is 259 g/mol. The Morgan fingerprint density at radius 2 is 1.90 bits per heavy atom. The Bertz CT molecular complexity index is 598. The quantitative estimate of drug-likeness (QED) is 0.899. The van der Waals surface area contributed by atoms with Gasteiger partial charge in [0.25, 0.3) is 5.91 Å². The molecule has 1 aromatic carbocycles. The van der Waals surface area contributed by atoms with Gasteiger partial charge < -0.3 is 10.6 Å². The molecule has 0 atom stereocenters. The fourth-order valence-corrected chi connectivity index (χ4v) is 1.58. The molecule has 0 aliphatic rings. The lowest BCUT2D eigenvalue weighted by molar-refractivity contribution is 0.102. The van der Waals surface area contributed by atoms with Crippen molar-refractivity contribution in [3.8, 4) is 0 Å². The molecule has 2 rings (SSSR count). The second-order valence-corrected chi connectivity index (χ2v) is 4.54. The van der Waals surface area contributed by atoms with E-state index >= 15 is 0 Å². The third-order valence-electron chi connectivity index (χ3n) is 2.46. The number of amides is 1.